The second kappa shape index (κ2) is 6.76. The topological polar surface area (TPSA) is 38.3 Å². The van der Waals surface area contributed by atoms with Crippen molar-refractivity contribution in [2.45, 2.75) is 19.3 Å². The molecule has 0 aliphatic carbocycles. The Morgan fingerprint density at radius 1 is 1.28 bits per heavy atom. The third-order valence-electron chi connectivity index (χ3n) is 3.22. The molecule has 0 saturated carbocycles. The van der Waals surface area contributed by atoms with Gasteiger partial charge in [0.25, 0.3) is 0 Å². The van der Waals surface area contributed by atoms with E-state index in [1.54, 1.807) is 0 Å². The van der Waals surface area contributed by atoms with Gasteiger partial charge in [0.1, 0.15) is 0 Å². The Hall–Kier alpha value is -1.06. The summed E-state index contributed by atoms with van der Waals surface area (Å²) < 4.78 is 5.32. The number of halogens is 1. The Morgan fingerprint density at radius 3 is 2.61 bits per heavy atom. The van der Waals surface area contributed by atoms with E-state index in [1.165, 1.54) is 0 Å². The minimum absolute atomic E-state index is 0.0505. The Kier molecular flexibility index (Phi) is 5.02. The van der Waals surface area contributed by atoms with Crippen LogP contribution in [-0.2, 0) is 16.0 Å². The van der Waals surface area contributed by atoms with E-state index < -0.39 is 0 Å². The van der Waals surface area contributed by atoms with Crippen LogP contribution in [0.5, 0.6) is 0 Å². The minimum Gasteiger partial charge on any atom is -0.465 e. The summed E-state index contributed by atoms with van der Waals surface area (Å²) in [6.45, 7) is 2.28. The lowest BCUT2D eigenvalue weighted by Gasteiger charge is -2.20. The van der Waals surface area contributed by atoms with Gasteiger partial charge < -0.3 is 10.1 Å². The first-order valence-electron chi connectivity index (χ1n) is 6.37. The van der Waals surface area contributed by atoms with Crippen LogP contribution in [-0.4, -0.2) is 25.7 Å². The predicted octanol–water partition coefficient (Wildman–Crippen LogP) is 2.43. The van der Waals surface area contributed by atoms with Crippen molar-refractivity contribution in [3.8, 4) is 0 Å². The highest BCUT2D eigenvalue weighted by atomic mass is 35.5. The van der Waals surface area contributed by atoms with Crippen molar-refractivity contribution in [1.29, 1.82) is 0 Å². The molecule has 98 valence electrons. The van der Waals surface area contributed by atoms with Gasteiger partial charge in [-0.25, -0.2) is 0 Å². The molecule has 0 atom stereocenters. The van der Waals surface area contributed by atoms with Crippen molar-refractivity contribution in [1.82, 2.24) is 5.32 Å². The zero-order valence-corrected chi connectivity index (χ0v) is 11.1. The molecule has 0 aromatic heterocycles. The SMILES string of the molecule is O=C(OCCc1ccc(Cl)cc1)C1CCNCC1. The van der Waals surface area contributed by atoms with Crippen LogP contribution in [0.3, 0.4) is 0 Å². The van der Waals surface area contributed by atoms with Crippen molar-refractivity contribution in [2.24, 2.45) is 5.92 Å². The summed E-state index contributed by atoms with van der Waals surface area (Å²) in [4.78, 5) is 11.8. The average Bonchev–Trinajstić information content (AvgIpc) is 2.42. The van der Waals surface area contributed by atoms with Crippen molar-refractivity contribution < 1.29 is 9.53 Å². The van der Waals surface area contributed by atoms with E-state index in [9.17, 15) is 4.79 Å². The van der Waals surface area contributed by atoms with Gasteiger partial charge in [-0.05, 0) is 43.6 Å². The molecule has 4 heteroatoms. The first-order chi connectivity index (χ1) is 8.75. The maximum absolute atomic E-state index is 11.8. The molecule has 1 aliphatic rings. The minimum atomic E-state index is -0.0505. The number of rotatable bonds is 4. The van der Waals surface area contributed by atoms with Crippen molar-refractivity contribution in [3.05, 3.63) is 34.9 Å². The smallest absolute Gasteiger partial charge is 0.309 e. The summed E-state index contributed by atoms with van der Waals surface area (Å²) in [6, 6.07) is 7.62. The van der Waals surface area contributed by atoms with Gasteiger partial charge in [-0.3, -0.25) is 4.79 Å². The molecule has 1 aromatic rings. The molecule has 1 saturated heterocycles. The number of nitrogens with one attached hydrogen (secondary N) is 1. The molecule has 0 unspecified atom stereocenters. The lowest BCUT2D eigenvalue weighted by molar-refractivity contribution is -0.149. The fourth-order valence-electron chi connectivity index (χ4n) is 2.10. The van der Waals surface area contributed by atoms with Gasteiger partial charge in [-0.15, -0.1) is 0 Å². The number of esters is 1. The molecular formula is C14H18ClNO2. The van der Waals surface area contributed by atoms with Gasteiger partial charge in [0.05, 0.1) is 12.5 Å². The monoisotopic (exact) mass is 267 g/mol. The van der Waals surface area contributed by atoms with Crippen molar-refractivity contribution in [2.75, 3.05) is 19.7 Å². The molecule has 0 radical (unpaired) electrons. The lowest BCUT2D eigenvalue weighted by Crippen LogP contribution is -2.33. The van der Waals surface area contributed by atoms with E-state index in [0.29, 0.717) is 6.61 Å². The van der Waals surface area contributed by atoms with Gasteiger partial charge in [-0.2, -0.15) is 0 Å². The lowest BCUT2D eigenvalue weighted by atomic mass is 9.98. The number of ether oxygens (including phenoxy) is 1. The molecule has 0 bridgehead atoms. The zero-order chi connectivity index (χ0) is 12.8. The fraction of sp³-hybridized carbons (Fsp3) is 0.500. The predicted molar refractivity (Wildman–Crippen MR) is 71.7 cm³/mol. The van der Waals surface area contributed by atoms with Gasteiger partial charge in [-0.1, -0.05) is 23.7 Å². The first-order valence-corrected chi connectivity index (χ1v) is 6.75. The third kappa shape index (κ3) is 4.00. The molecule has 0 amide bonds. The van der Waals surface area contributed by atoms with E-state index in [4.69, 9.17) is 16.3 Å². The van der Waals surface area contributed by atoms with E-state index in [1.807, 2.05) is 24.3 Å². The quantitative estimate of drug-likeness (QED) is 0.852. The van der Waals surface area contributed by atoms with E-state index >= 15 is 0 Å². The summed E-state index contributed by atoms with van der Waals surface area (Å²) in [5.41, 5.74) is 1.14. The van der Waals surface area contributed by atoms with Crippen LogP contribution in [0.4, 0.5) is 0 Å². The van der Waals surface area contributed by atoms with Crippen LogP contribution in [0.1, 0.15) is 18.4 Å². The highest BCUT2D eigenvalue weighted by Crippen LogP contribution is 2.14. The summed E-state index contributed by atoms with van der Waals surface area (Å²) in [7, 11) is 0. The van der Waals surface area contributed by atoms with Crippen molar-refractivity contribution in [3.63, 3.8) is 0 Å². The molecule has 1 aliphatic heterocycles. The molecule has 2 rings (SSSR count). The Balaban J connectivity index is 1.71. The molecule has 0 spiro atoms. The van der Waals surface area contributed by atoms with E-state index in [2.05, 4.69) is 5.32 Å². The van der Waals surface area contributed by atoms with Crippen LogP contribution in [0.15, 0.2) is 24.3 Å². The fourth-order valence-corrected chi connectivity index (χ4v) is 2.22. The Bertz CT molecular complexity index is 385. The molecule has 1 heterocycles. The van der Waals surface area contributed by atoms with Crippen LogP contribution in [0.2, 0.25) is 5.02 Å². The summed E-state index contributed by atoms with van der Waals surface area (Å²) >= 11 is 5.81. The summed E-state index contributed by atoms with van der Waals surface area (Å²) in [5.74, 6) is 0.0296. The number of hydrogen-bond acceptors (Lipinski definition) is 3. The average molecular weight is 268 g/mol. The molecule has 1 fully saturated rings. The number of carbonyl (C=O) groups excluding carboxylic acids is 1. The normalized spacial score (nSPS) is 16.5. The van der Waals surface area contributed by atoms with Crippen LogP contribution in [0.25, 0.3) is 0 Å². The van der Waals surface area contributed by atoms with Crippen LogP contribution < -0.4 is 5.32 Å². The van der Waals surface area contributed by atoms with Gasteiger partial charge in [0.15, 0.2) is 0 Å². The maximum Gasteiger partial charge on any atom is 0.309 e. The molecular weight excluding hydrogens is 250 g/mol. The molecule has 1 aromatic carbocycles. The van der Waals surface area contributed by atoms with Crippen LogP contribution in [0, 0.1) is 5.92 Å². The maximum atomic E-state index is 11.8. The Labute approximate surface area is 112 Å². The van der Waals surface area contributed by atoms with Gasteiger partial charge >= 0.3 is 5.97 Å². The second-order valence-electron chi connectivity index (χ2n) is 4.57. The van der Waals surface area contributed by atoms with Gasteiger partial charge in [0, 0.05) is 11.4 Å². The van der Waals surface area contributed by atoms with E-state index in [0.717, 1.165) is 42.9 Å². The number of benzene rings is 1. The highest BCUT2D eigenvalue weighted by Gasteiger charge is 2.21. The molecule has 18 heavy (non-hydrogen) atoms. The first kappa shape index (κ1) is 13.4. The van der Waals surface area contributed by atoms with Gasteiger partial charge in [0.2, 0.25) is 0 Å². The van der Waals surface area contributed by atoms with E-state index in [-0.39, 0.29) is 11.9 Å². The number of hydrogen-bond donors (Lipinski definition) is 1. The largest absolute Gasteiger partial charge is 0.465 e. The van der Waals surface area contributed by atoms with Crippen molar-refractivity contribution >= 4 is 17.6 Å². The standard InChI is InChI=1S/C14H18ClNO2/c15-13-3-1-11(2-4-13)7-10-18-14(17)12-5-8-16-9-6-12/h1-4,12,16H,5-10H2. The Morgan fingerprint density at radius 2 is 1.94 bits per heavy atom. The van der Waals surface area contributed by atoms with Crippen LogP contribution >= 0.6 is 11.6 Å². The highest BCUT2D eigenvalue weighted by molar-refractivity contribution is 6.30. The second-order valence-corrected chi connectivity index (χ2v) is 5.00. The third-order valence-corrected chi connectivity index (χ3v) is 3.47. The number of piperidine rings is 1. The summed E-state index contributed by atoms with van der Waals surface area (Å²) in [6.07, 6.45) is 2.52. The zero-order valence-electron chi connectivity index (χ0n) is 10.3. The molecule has 1 N–H and O–H groups in total. The molecule has 3 nitrogen and oxygen atoms in total. The summed E-state index contributed by atoms with van der Waals surface area (Å²) in [5, 5.41) is 3.96. The number of carbonyl (C=O) groups is 1.